The molecule has 0 aliphatic heterocycles. The average molecular weight is 269 g/mol. The highest BCUT2D eigenvalue weighted by Gasteiger charge is 2.05. The summed E-state index contributed by atoms with van der Waals surface area (Å²) in [6.07, 6.45) is 0. The van der Waals surface area contributed by atoms with Crippen molar-refractivity contribution in [2.75, 3.05) is 17.7 Å². The number of hydrogen-bond acceptors (Lipinski definition) is 4. The van der Waals surface area contributed by atoms with Crippen molar-refractivity contribution in [2.45, 2.75) is 6.54 Å². The third-order valence-corrected chi connectivity index (χ3v) is 3.24. The van der Waals surface area contributed by atoms with Crippen LogP contribution in [0.2, 0.25) is 0 Å². The summed E-state index contributed by atoms with van der Waals surface area (Å²) in [6.45, 7) is 0.729. The second-order valence-electron chi connectivity index (χ2n) is 4.79. The van der Waals surface area contributed by atoms with Crippen molar-refractivity contribution < 1.29 is 4.42 Å². The van der Waals surface area contributed by atoms with Crippen molar-refractivity contribution in [1.29, 1.82) is 0 Å². The second-order valence-corrected chi connectivity index (χ2v) is 4.79. The van der Waals surface area contributed by atoms with E-state index in [-0.39, 0.29) is 0 Å². The Kier molecular flexibility index (Phi) is 2.95. The van der Waals surface area contributed by atoms with Gasteiger partial charge in [-0.05, 0) is 42.0 Å². The molecule has 3 aromatic rings. The minimum atomic E-state index is -0.427. The number of fused-ring (bicyclic) bond motifs is 1. The van der Waals surface area contributed by atoms with Crippen molar-refractivity contribution in [1.82, 2.24) is 4.98 Å². The van der Waals surface area contributed by atoms with Crippen LogP contribution in [0, 0.1) is 0 Å². The molecule has 0 fully saturated rings. The summed E-state index contributed by atoms with van der Waals surface area (Å²) < 4.78 is 4.99. The van der Waals surface area contributed by atoms with Crippen LogP contribution in [0.5, 0.6) is 0 Å². The smallest absolute Gasteiger partial charge is 0.408 e. The molecule has 0 bridgehead atoms. The van der Waals surface area contributed by atoms with Crippen LogP contribution in [-0.2, 0) is 6.54 Å². The van der Waals surface area contributed by atoms with Crippen molar-refractivity contribution in [3.63, 3.8) is 0 Å². The van der Waals surface area contributed by atoms with Gasteiger partial charge in [-0.2, -0.15) is 0 Å². The summed E-state index contributed by atoms with van der Waals surface area (Å²) in [5, 5.41) is 0. The van der Waals surface area contributed by atoms with E-state index in [4.69, 9.17) is 10.2 Å². The van der Waals surface area contributed by atoms with E-state index in [2.05, 4.69) is 9.88 Å². The molecule has 1 aromatic heterocycles. The van der Waals surface area contributed by atoms with Gasteiger partial charge in [0.25, 0.3) is 0 Å². The summed E-state index contributed by atoms with van der Waals surface area (Å²) >= 11 is 0. The lowest BCUT2D eigenvalue weighted by Crippen LogP contribution is -2.16. The van der Waals surface area contributed by atoms with Gasteiger partial charge in [0.1, 0.15) is 0 Å². The highest BCUT2D eigenvalue weighted by atomic mass is 16.4. The first-order valence-electron chi connectivity index (χ1n) is 6.30. The Bertz CT molecular complexity index is 787. The first-order valence-corrected chi connectivity index (χ1v) is 6.30. The van der Waals surface area contributed by atoms with Gasteiger partial charge in [0.05, 0.1) is 5.52 Å². The SMILES string of the molecule is CN(Cc1ccc2oc(=O)[nH]c2c1)c1ccc(N)cc1. The Morgan fingerprint density at radius 3 is 2.70 bits per heavy atom. The summed E-state index contributed by atoms with van der Waals surface area (Å²) in [7, 11) is 2.01. The molecule has 3 rings (SSSR count). The number of hydrogen-bond donors (Lipinski definition) is 2. The lowest BCUT2D eigenvalue weighted by Gasteiger charge is -2.19. The molecular formula is C15H15N3O2. The molecule has 0 aliphatic carbocycles. The monoisotopic (exact) mass is 269 g/mol. The molecule has 0 saturated carbocycles. The first-order chi connectivity index (χ1) is 9.61. The van der Waals surface area contributed by atoms with Crippen molar-refractivity contribution in [3.8, 4) is 0 Å². The van der Waals surface area contributed by atoms with E-state index in [1.165, 1.54) is 0 Å². The van der Waals surface area contributed by atoms with Crippen LogP contribution in [0.3, 0.4) is 0 Å². The number of anilines is 2. The van der Waals surface area contributed by atoms with Gasteiger partial charge in [-0.1, -0.05) is 6.07 Å². The van der Waals surface area contributed by atoms with Crippen molar-refractivity contribution >= 4 is 22.5 Å². The molecule has 0 atom stereocenters. The van der Waals surface area contributed by atoms with E-state index in [9.17, 15) is 4.79 Å². The number of nitrogens with zero attached hydrogens (tertiary/aromatic N) is 1. The topological polar surface area (TPSA) is 75.3 Å². The predicted molar refractivity (Wildman–Crippen MR) is 79.8 cm³/mol. The van der Waals surface area contributed by atoms with Crippen LogP contribution < -0.4 is 16.4 Å². The molecule has 102 valence electrons. The molecule has 0 amide bonds. The van der Waals surface area contributed by atoms with Crippen LogP contribution >= 0.6 is 0 Å². The maximum Gasteiger partial charge on any atom is 0.417 e. The molecule has 0 aliphatic rings. The van der Waals surface area contributed by atoms with Crippen LogP contribution in [0.4, 0.5) is 11.4 Å². The van der Waals surface area contributed by atoms with Crippen LogP contribution in [0.1, 0.15) is 5.56 Å². The van der Waals surface area contributed by atoms with Crippen molar-refractivity contribution in [2.24, 2.45) is 0 Å². The summed E-state index contributed by atoms with van der Waals surface area (Å²) in [5.74, 6) is -0.427. The van der Waals surface area contributed by atoms with E-state index in [1.807, 2.05) is 43.4 Å². The van der Waals surface area contributed by atoms with Gasteiger partial charge in [0.15, 0.2) is 5.58 Å². The number of benzene rings is 2. The van der Waals surface area contributed by atoms with Crippen LogP contribution in [0.25, 0.3) is 11.1 Å². The maximum atomic E-state index is 11.1. The number of nitrogens with one attached hydrogen (secondary N) is 1. The molecule has 3 N–H and O–H groups in total. The lowest BCUT2D eigenvalue weighted by molar-refractivity contribution is 0.555. The Balaban J connectivity index is 1.84. The largest absolute Gasteiger partial charge is 0.417 e. The van der Waals surface area contributed by atoms with E-state index in [1.54, 1.807) is 6.07 Å². The fourth-order valence-corrected chi connectivity index (χ4v) is 2.19. The normalized spacial score (nSPS) is 10.8. The lowest BCUT2D eigenvalue weighted by atomic mass is 10.2. The molecule has 0 unspecified atom stereocenters. The Hall–Kier alpha value is -2.69. The molecule has 5 heteroatoms. The number of aromatic nitrogens is 1. The minimum absolute atomic E-state index is 0.427. The average Bonchev–Trinajstić information content (AvgIpc) is 2.78. The number of aromatic amines is 1. The van der Waals surface area contributed by atoms with E-state index < -0.39 is 5.76 Å². The second kappa shape index (κ2) is 4.77. The third kappa shape index (κ3) is 2.38. The zero-order valence-electron chi connectivity index (χ0n) is 11.1. The van der Waals surface area contributed by atoms with Crippen LogP contribution in [-0.4, -0.2) is 12.0 Å². The van der Waals surface area contributed by atoms with E-state index in [0.29, 0.717) is 5.58 Å². The zero-order chi connectivity index (χ0) is 14.1. The van der Waals surface area contributed by atoms with Gasteiger partial charge in [-0.15, -0.1) is 0 Å². The minimum Gasteiger partial charge on any atom is -0.408 e. The quantitative estimate of drug-likeness (QED) is 0.716. The number of rotatable bonds is 3. The van der Waals surface area contributed by atoms with Gasteiger partial charge in [0, 0.05) is 25.0 Å². The summed E-state index contributed by atoms with van der Waals surface area (Å²) in [6, 6.07) is 13.4. The van der Waals surface area contributed by atoms with E-state index in [0.717, 1.165) is 29.0 Å². The number of oxazole rings is 1. The van der Waals surface area contributed by atoms with E-state index >= 15 is 0 Å². The van der Waals surface area contributed by atoms with Gasteiger partial charge >= 0.3 is 5.76 Å². The highest BCUT2D eigenvalue weighted by molar-refractivity contribution is 5.72. The Morgan fingerprint density at radius 1 is 1.20 bits per heavy atom. The fraction of sp³-hybridized carbons (Fsp3) is 0.133. The molecule has 0 spiro atoms. The van der Waals surface area contributed by atoms with Crippen molar-refractivity contribution in [3.05, 3.63) is 58.6 Å². The number of nitrogens with two attached hydrogens (primary N) is 1. The molecule has 2 aromatic carbocycles. The molecule has 20 heavy (non-hydrogen) atoms. The summed E-state index contributed by atoms with van der Waals surface area (Å²) in [4.78, 5) is 15.9. The Labute approximate surface area is 115 Å². The number of H-pyrrole nitrogens is 1. The predicted octanol–water partition coefficient (Wildman–Crippen LogP) is 2.34. The highest BCUT2D eigenvalue weighted by Crippen LogP contribution is 2.19. The van der Waals surface area contributed by atoms with Crippen LogP contribution in [0.15, 0.2) is 51.7 Å². The molecule has 0 radical (unpaired) electrons. The number of nitrogen functional groups attached to an aromatic ring is 1. The molecular weight excluding hydrogens is 254 g/mol. The zero-order valence-corrected chi connectivity index (χ0v) is 11.1. The van der Waals surface area contributed by atoms with Gasteiger partial charge in [-0.25, -0.2) is 4.79 Å². The fourth-order valence-electron chi connectivity index (χ4n) is 2.19. The summed E-state index contributed by atoms with van der Waals surface area (Å²) in [5.41, 5.74) is 9.90. The third-order valence-electron chi connectivity index (χ3n) is 3.24. The standard InChI is InChI=1S/C15H15N3O2/c1-18(12-5-3-11(16)4-6-12)9-10-2-7-14-13(8-10)17-15(19)20-14/h2-8H,9,16H2,1H3,(H,17,19). The molecule has 0 saturated heterocycles. The maximum absolute atomic E-state index is 11.1. The molecule has 5 nitrogen and oxygen atoms in total. The molecule has 1 heterocycles. The van der Waals surface area contributed by atoms with Gasteiger partial charge in [0.2, 0.25) is 0 Å². The van der Waals surface area contributed by atoms with Gasteiger partial charge < -0.3 is 15.1 Å². The Morgan fingerprint density at radius 2 is 1.95 bits per heavy atom. The van der Waals surface area contributed by atoms with Gasteiger partial charge in [-0.3, -0.25) is 4.98 Å². The first kappa shape index (κ1) is 12.3.